The maximum Gasteiger partial charge on any atom is 0.317 e. The lowest BCUT2D eigenvalue weighted by atomic mass is 9.85. The molecular formula is C16H23FN2O2. The zero-order valence-corrected chi connectivity index (χ0v) is 12.6. The first kappa shape index (κ1) is 15.9. The highest BCUT2D eigenvalue weighted by Gasteiger charge is 2.33. The third kappa shape index (κ3) is 4.25. The fraction of sp³-hybridized carbons (Fsp3) is 0.562. The molecule has 1 fully saturated rings. The molecule has 1 saturated carbocycles. The van der Waals surface area contributed by atoms with E-state index in [1.807, 2.05) is 17.9 Å². The molecule has 1 aromatic carbocycles. The lowest BCUT2D eigenvalue weighted by molar-refractivity contribution is -0.139. The van der Waals surface area contributed by atoms with E-state index >= 15 is 0 Å². The van der Waals surface area contributed by atoms with Crippen LogP contribution in [0, 0.1) is 12.7 Å². The third-order valence-corrected chi connectivity index (χ3v) is 4.21. The molecule has 0 bridgehead atoms. The minimum absolute atomic E-state index is 0.108. The number of carbonyl (C=O) groups is 1. The molecule has 1 aliphatic carbocycles. The Balaban J connectivity index is 1.75. The first-order chi connectivity index (χ1) is 9.99. The van der Waals surface area contributed by atoms with E-state index < -0.39 is 5.97 Å². The number of benzene rings is 1. The Kier molecular flexibility index (Phi) is 5.31. The van der Waals surface area contributed by atoms with E-state index in [0.717, 1.165) is 24.9 Å². The van der Waals surface area contributed by atoms with Crippen molar-refractivity contribution in [3.05, 3.63) is 35.1 Å². The number of aryl methyl sites for hydroxylation is 1. The van der Waals surface area contributed by atoms with Crippen molar-refractivity contribution in [3.8, 4) is 0 Å². The molecular weight excluding hydrogens is 271 g/mol. The Morgan fingerprint density at radius 2 is 2.19 bits per heavy atom. The van der Waals surface area contributed by atoms with E-state index in [1.54, 1.807) is 19.1 Å². The molecule has 1 aromatic rings. The largest absolute Gasteiger partial charge is 0.480 e. The monoisotopic (exact) mass is 294 g/mol. The average Bonchev–Trinajstić information content (AvgIpc) is 2.39. The van der Waals surface area contributed by atoms with Crippen molar-refractivity contribution < 1.29 is 14.3 Å². The van der Waals surface area contributed by atoms with Gasteiger partial charge < -0.3 is 10.4 Å². The molecule has 21 heavy (non-hydrogen) atoms. The zero-order valence-electron chi connectivity index (χ0n) is 12.6. The maximum atomic E-state index is 13.4. The van der Waals surface area contributed by atoms with Gasteiger partial charge in [0.2, 0.25) is 0 Å². The Morgan fingerprint density at radius 1 is 1.48 bits per heavy atom. The number of nitrogens with zero attached hydrogens (tertiary/aromatic N) is 1. The number of rotatable bonds is 7. The van der Waals surface area contributed by atoms with E-state index in [-0.39, 0.29) is 12.4 Å². The number of halogens is 1. The van der Waals surface area contributed by atoms with Crippen molar-refractivity contribution in [1.82, 2.24) is 10.2 Å². The molecule has 1 aliphatic rings. The smallest absolute Gasteiger partial charge is 0.317 e. The number of likely N-dealkylation sites (N-methyl/N-ethyl adjacent to an activating group) is 1. The summed E-state index contributed by atoms with van der Waals surface area (Å²) in [6.07, 6.45) is 1.91. The first-order valence-corrected chi connectivity index (χ1v) is 7.43. The number of carboxylic acids is 1. The number of aliphatic carboxylic acids is 1. The Hall–Kier alpha value is -1.46. The van der Waals surface area contributed by atoms with E-state index in [1.165, 1.54) is 0 Å². The van der Waals surface area contributed by atoms with E-state index in [2.05, 4.69) is 5.32 Å². The lowest BCUT2D eigenvalue weighted by Gasteiger charge is -2.42. The highest BCUT2D eigenvalue weighted by Crippen LogP contribution is 2.25. The van der Waals surface area contributed by atoms with Crippen LogP contribution in [0.15, 0.2) is 18.2 Å². The molecule has 0 amide bonds. The third-order valence-electron chi connectivity index (χ3n) is 4.21. The molecule has 0 spiro atoms. The fourth-order valence-electron chi connectivity index (χ4n) is 2.73. The van der Waals surface area contributed by atoms with Crippen molar-refractivity contribution in [2.45, 2.75) is 45.3 Å². The lowest BCUT2D eigenvalue weighted by Crippen LogP contribution is -2.53. The normalized spacial score (nSPS) is 21.3. The van der Waals surface area contributed by atoms with Crippen molar-refractivity contribution in [1.29, 1.82) is 0 Å². The van der Waals surface area contributed by atoms with Crippen LogP contribution in [0.3, 0.4) is 0 Å². The predicted octanol–water partition coefficient (Wildman–Crippen LogP) is 2.16. The predicted molar refractivity (Wildman–Crippen MR) is 79.7 cm³/mol. The van der Waals surface area contributed by atoms with Gasteiger partial charge >= 0.3 is 5.97 Å². The van der Waals surface area contributed by atoms with Gasteiger partial charge in [-0.1, -0.05) is 19.1 Å². The topological polar surface area (TPSA) is 52.6 Å². The average molecular weight is 294 g/mol. The molecule has 0 unspecified atom stereocenters. The molecule has 0 atom stereocenters. The molecule has 0 saturated heterocycles. The highest BCUT2D eigenvalue weighted by molar-refractivity contribution is 5.69. The van der Waals surface area contributed by atoms with Gasteiger partial charge in [0, 0.05) is 18.6 Å². The molecule has 0 radical (unpaired) electrons. The van der Waals surface area contributed by atoms with Gasteiger partial charge in [0.05, 0.1) is 6.54 Å². The molecule has 2 N–H and O–H groups in total. The molecule has 0 aromatic heterocycles. The van der Waals surface area contributed by atoms with Crippen LogP contribution < -0.4 is 5.32 Å². The molecule has 116 valence electrons. The van der Waals surface area contributed by atoms with E-state index in [4.69, 9.17) is 5.11 Å². The Bertz CT molecular complexity index is 501. The minimum Gasteiger partial charge on any atom is -0.480 e. The van der Waals surface area contributed by atoms with Crippen LogP contribution in [-0.4, -0.2) is 41.1 Å². The number of hydrogen-bond donors (Lipinski definition) is 2. The van der Waals surface area contributed by atoms with Crippen LogP contribution in [0.1, 0.15) is 30.9 Å². The standard InChI is InChI=1S/C16H23FN2O2/c1-3-19(10-16(20)21)14-7-13(8-14)18-9-12-5-4-11(2)15(17)6-12/h4-6,13-14,18H,3,7-10H2,1-2H3,(H,20,21). The van der Waals surface area contributed by atoms with Crippen molar-refractivity contribution in [2.75, 3.05) is 13.1 Å². The van der Waals surface area contributed by atoms with Gasteiger partial charge in [-0.3, -0.25) is 9.69 Å². The number of nitrogens with one attached hydrogen (secondary N) is 1. The van der Waals surface area contributed by atoms with Crippen LogP contribution in [0.25, 0.3) is 0 Å². The van der Waals surface area contributed by atoms with Crippen molar-refractivity contribution in [2.24, 2.45) is 0 Å². The summed E-state index contributed by atoms with van der Waals surface area (Å²) >= 11 is 0. The SMILES string of the molecule is CCN(CC(=O)O)C1CC(NCc2ccc(C)c(F)c2)C1. The van der Waals surface area contributed by atoms with Gasteiger partial charge in [-0.25, -0.2) is 4.39 Å². The van der Waals surface area contributed by atoms with Gasteiger partial charge in [-0.2, -0.15) is 0 Å². The van der Waals surface area contributed by atoms with Gasteiger partial charge in [0.25, 0.3) is 0 Å². The molecule has 2 rings (SSSR count). The highest BCUT2D eigenvalue weighted by atomic mass is 19.1. The summed E-state index contributed by atoms with van der Waals surface area (Å²) in [4.78, 5) is 12.8. The van der Waals surface area contributed by atoms with Gasteiger partial charge in [0.15, 0.2) is 0 Å². The second-order valence-electron chi connectivity index (χ2n) is 5.74. The Morgan fingerprint density at radius 3 is 2.76 bits per heavy atom. The van der Waals surface area contributed by atoms with Crippen LogP contribution in [0.5, 0.6) is 0 Å². The number of carboxylic acid groups (broad SMARTS) is 1. The summed E-state index contributed by atoms with van der Waals surface area (Å²) < 4.78 is 13.4. The summed E-state index contributed by atoms with van der Waals surface area (Å²) in [6, 6.07) is 6.04. The quantitative estimate of drug-likeness (QED) is 0.809. The summed E-state index contributed by atoms with van der Waals surface area (Å²) in [7, 11) is 0. The zero-order chi connectivity index (χ0) is 15.4. The first-order valence-electron chi connectivity index (χ1n) is 7.43. The minimum atomic E-state index is -0.775. The van der Waals surface area contributed by atoms with Crippen LogP contribution in [0.2, 0.25) is 0 Å². The van der Waals surface area contributed by atoms with E-state index in [0.29, 0.717) is 24.2 Å². The second-order valence-corrected chi connectivity index (χ2v) is 5.74. The van der Waals surface area contributed by atoms with Crippen molar-refractivity contribution >= 4 is 5.97 Å². The van der Waals surface area contributed by atoms with Gasteiger partial charge in [-0.05, 0) is 43.5 Å². The summed E-state index contributed by atoms with van der Waals surface area (Å²) in [5.41, 5.74) is 1.61. The van der Waals surface area contributed by atoms with Crippen LogP contribution in [0.4, 0.5) is 4.39 Å². The van der Waals surface area contributed by atoms with Crippen molar-refractivity contribution in [3.63, 3.8) is 0 Å². The van der Waals surface area contributed by atoms with E-state index in [9.17, 15) is 9.18 Å². The molecule has 5 heteroatoms. The van der Waals surface area contributed by atoms with Crippen LogP contribution in [-0.2, 0) is 11.3 Å². The molecule has 0 aliphatic heterocycles. The maximum absolute atomic E-state index is 13.4. The molecule has 0 heterocycles. The second kappa shape index (κ2) is 7.00. The van der Waals surface area contributed by atoms with Gasteiger partial charge in [-0.15, -0.1) is 0 Å². The van der Waals surface area contributed by atoms with Gasteiger partial charge in [0.1, 0.15) is 5.82 Å². The fourth-order valence-corrected chi connectivity index (χ4v) is 2.73. The van der Waals surface area contributed by atoms with Crippen LogP contribution >= 0.6 is 0 Å². The number of hydrogen-bond acceptors (Lipinski definition) is 3. The Labute approximate surface area is 125 Å². The summed E-state index contributed by atoms with van der Waals surface area (Å²) in [5, 5.41) is 12.3. The molecule has 4 nitrogen and oxygen atoms in total. The summed E-state index contributed by atoms with van der Waals surface area (Å²) in [5.74, 6) is -0.942. The summed E-state index contributed by atoms with van der Waals surface area (Å²) in [6.45, 7) is 5.26.